The quantitative estimate of drug-likeness (QED) is 0.738. The van der Waals surface area contributed by atoms with E-state index in [1.165, 1.54) is 0 Å². The number of hydrogen-bond acceptors (Lipinski definition) is 5. The Morgan fingerprint density at radius 1 is 1.25 bits per heavy atom. The fraction of sp³-hybridized carbons (Fsp3) is 0.235. The lowest BCUT2D eigenvalue weighted by molar-refractivity contribution is 0.0951. The van der Waals surface area contributed by atoms with Gasteiger partial charge in [-0.2, -0.15) is 9.61 Å². The number of benzene rings is 1. The van der Waals surface area contributed by atoms with Gasteiger partial charge >= 0.3 is 0 Å². The first-order valence-electron chi connectivity index (χ1n) is 7.68. The van der Waals surface area contributed by atoms with Crippen molar-refractivity contribution in [3.63, 3.8) is 0 Å². The van der Waals surface area contributed by atoms with Crippen LogP contribution >= 0.6 is 0 Å². The maximum Gasteiger partial charge on any atom is 0.251 e. The van der Waals surface area contributed by atoms with Crippen molar-refractivity contribution in [2.45, 2.75) is 0 Å². The summed E-state index contributed by atoms with van der Waals surface area (Å²) < 4.78 is 1.59. The van der Waals surface area contributed by atoms with Gasteiger partial charge in [0.2, 0.25) is 0 Å². The van der Waals surface area contributed by atoms with Crippen molar-refractivity contribution in [2.75, 3.05) is 32.9 Å². The number of hydrogen-bond donors (Lipinski definition) is 2. The molecule has 7 nitrogen and oxygen atoms in total. The van der Waals surface area contributed by atoms with Crippen molar-refractivity contribution >= 4 is 17.4 Å². The molecule has 0 spiro atoms. The molecule has 0 aliphatic rings. The number of nitrogens with zero attached hydrogens (tertiary/aromatic N) is 4. The smallest absolute Gasteiger partial charge is 0.251 e. The first-order chi connectivity index (χ1) is 11.6. The minimum Gasteiger partial charge on any atom is -0.384 e. The van der Waals surface area contributed by atoms with E-state index in [9.17, 15) is 4.79 Å². The topological polar surface area (TPSA) is 88.5 Å². The van der Waals surface area contributed by atoms with Crippen molar-refractivity contribution in [1.82, 2.24) is 24.8 Å². The number of carbonyl (C=O) groups is 1. The van der Waals surface area contributed by atoms with Crippen LogP contribution in [0.2, 0.25) is 0 Å². The molecular weight excluding hydrogens is 304 g/mol. The first kappa shape index (κ1) is 15.9. The summed E-state index contributed by atoms with van der Waals surface area (Å²) in [6, 6.07) is 9.09. The van der Waals surface area contributed by atoms with Gasteiger partial charge in [-0.25, -0.2) is 4.98 Å². The van der Waals surface area contributed by atoms with E-state index in [1.807, 2.05) is 31.1 Å². The van der Waals surface area contributed by atoms with Gasteiger partial charge < -0.3 is 16.0 Å². The molecule has 0 radical (unpaired) electrons. The number of nitrogens with two attached hydrogens (primary N) is 1. The Labute approximate surface area is 140 Å². The number of carbonyl (C=O) groups excluding carboxylic acids is 1. The third-order valence-electron chi connectivity index (χ3n) is 3.73. The number of fused-ring (bicyclic) bond motifs is 1. The predicted octanol–water partition coefficient (Wildman–Crippen LogP) is 1.27. The van der Waals surface area contributed by atoms with Crippen LogP contribution < -0.4 is 11.1 Å². The van der Waals surface area contributed by atoms with Crippen LogP contribution in [0.15, 0.2) is 42.7 Å². The SMILES string of the molecule is CN(C)CCNC(=O)c1ccc(-c2cnn3c(N)ccnc23)cc1. The van der Waals surface area contributed by atoms with E-state index in [1.54, 1.807) is 35.1 Å². The summed E-state index contributed by atoms with van der Waals surface area (Å²) in [5.74, 6) is 0.453. The van der Waals surface area contributed by atoms with E-state index in [0.717, 1.165) is 17.7 Å². The molecule has 3 rings (SSSR count). The van der Waals surface area contributed by atoms with Crippen LogP contribution in [0.5, 0.6) is 0 Å². The van der Waals surface area contributed by atoms with Crippen LogP contribution in [0.3, 0.4) is 0 Å². The monoisotopic (exact) mass is 324 g/mol. The minimum atomic E-state index is -0.0781. The van der Waals surface area contributed by atoms with Gasteiger partial charge in [-0.15, -0.1) is 0 Å². The van der Waals surface area contributed by atoms with Crippen molar-refractivity contribution in [3.8, 4) is 11.1 Å². The van der Waals surface area contributed by atoms with Crippen LogP contribution in [-0.4, -0.2) is 52.6 Å². The molecular formula is C17H20N6O. The summed E-state index contributed by atoms with van der Waals surface area (Å²) >= 11 is 0. The normalized spacial score (nSPS) is 11.1. The predicted molar refractivity (Wildman–Crippen MR) is 93.7 cm³/mol. The molecule has 0 aliphatic heterocycles. The minimum absolute atomic E-state index is 0.0781. The van der Waals surface area contributed by atoms with Gasteiger partial charge in [-0.1, -0.05) is 12.1 Å². The molecule has 2 aromatic heterocycles. The lowest BCUT2D eigenvalue weighted by atomic mass is 10.1. The summed E-state index contributed by atoms with van der Waals surface area (Å²) in [5.41, 5.74) is 9.02. The Hall–Kier alpha value is -2.93. The molecule has 1 amide bonds. The standard InChI is InChI=1S/C17H20N6O/c1-22(2)10-9-20-17(24)13-5-3-12(4-6-13)14-11-21-23-15(18)7-8-19-16(14)23/h3-8,11H,9-10,18H2,1-2H3,(H,20,24). The molecule has 3 aromatic rings. The lowest BCUT2D eigenvalue weighted by Gasteiger charge is -2.10. The molecule has 0 fully saturated rings. The van der Waals surface area contributed by atoms with Crippen molar-refractivity contribution in [2.24, 2.45) is 0 Å². The second kappa shape index (κ2) is 6.67. The number of aromatic nitrogens is 3. The van der Waals surface area contributed by atoms with E-state index in [4.69, 9.17) is 5.73 Å². The maximum atomic E-state index is 12.1. The van der Waals surface area contributed by atoms with Crippen LogP contribution in [0.25, 0.3) is 16.8 Å². The number of rotatable bonds is 5. The maximum absolute atomic E-state index is 12.1. The van der Waals surface area contributed by atoms with Gasteiger partial charge in [0.1, 0.15) is 5.82 Å². The average molecular weight is 324 g/mol. The van der Waals surface area contributed by atoms with Gasteiger partial charge in [0.05, 0.1) is 6.20 Å². The highest BCUT2D eigenvalue weighted by Crippen LogP contribution is 2.24. The van der Waals surface area contributed by atoms with Gasteiger partial charge in [-0.05, 0) is 37.9 Å². The number of anilines is 1. The van der Waals surface area contributed by atoms with Gasteiger partial charge in [0.25, 0.3) is 5.91 Å². The molecule has 1 aromatic carbocycles. The van der Waals surface area contributed by atoms with E-state index >= 15 is 0 Å². The van der Waals surface area contributed by atoms with E-state index in [0.29, 0.717) is 23.6 Å². The third kappa shape index (κ3) is 3.21. The first-order valence-corrected chi connectivity index (χ1v) is 7.68. The number of nitrogen functional groups attached to an aromatic ring is 1. The summed E-state index contributed by atoms with van der Waals surface area (Å²) in [7, 11) is 3.94. The molecule has 0 unspecified atom stereocenters. The second-order valence-corrected chi connectivity index (χ2v) is 5.80. The molecule has 3 N–H and O–H groups in total. The van der Waals surface area contributed by atoms with Crippen LogP contribution in [0, 0.1) is 0 Å². The van der Waals surface area contributed by atoms with Crippen LogP contribution in [-0.2, 0) is 0 Å². The van der Waals surface area contributed by atoms with E-state index < -0.39 is 0 Å². The fourth-order valence-electron chi connectivity index (χ4n) is 2.41. The largest absolute Gasteiger partial charge is 0.384 e. The zero-order valence-corrected chi connectivity index (χ0v) is 13.7. The fourth-order valence-corrected chi connectivity index (χ4v) is 2.41. The lowest BCUT2D eigenvalue weighted by Crippen LogP contribution is -2.31. The molecule has 0 bridgehead atoms. The molecule has 24 heavy (non-hydrogen) atoms. The second-order valence-electron chi connectivity index (χ2n) is 5.80. The van der Waals surface area contributed by atoms with Crippen molar-refractivity contribution in [1.29, 1.82) is 0 Å². The Morgan fingerprint density at radius 3 is 2.71 bits per heavy atom. The highest BCUT2D eigenvalue weighted by atomic mass is 16.1. The molecule has 0 atom stereocenters. The Morgan fingerprint density at radius 2 is 2.00 bits per heavy atom. The summed E-state index contributed by atoms with van der Waals surface area (Å²) in [6.07, 6.45) is 3.38. The number of nitrogens with one attached hydrogen (secondary N) is 1. The summed E-state index contributed by atoms with van der Waals surface area (Å²) in [4.78, 5) is 18.5. The summed E-state index contributed by atoms with van der Waals surface area (Å²) in [5, 5.41) is 7.15. The highest BCUT2D eigenvalue weighted by molar-refractivity contribution is 5.95. The zero-order chi connectivity index (χ0) is 17.1. The molecule has 7 heteroatoms. The van der Waals surface area contributed by atoms with Crippen LogP contribution in [0.1, 0.15) is 10.4 Å². The average Bonchev–Trinajstić information content (AvgIpc) is 3.00. The van der Waals surface area contributed by atoms with Gasteiger partial charge in [-0.3, -0.25) is 4.79 Å². The van der Waals surface area contributed by atoms with Gasteiger partial charge in [0.15, 0.2) is 5.65 Å². The molecule has 2 heterocycles. The Bertz CT molecular complexity index is 853. The van der Waals surface area contributed by atoms with Gasteiger partial charge in [0, 0.05) is 30.4 Å². The van der Waals surface area contributed by atoms with E-state index in [-0.39, 0.29) is 5.91 Å². The molecule has 124 valence electrons. The van der Waals surface area contributed by atoms with Crippen molar-refractivity contribution < 1.29 is 4.79 Å². The molecule has 0 aliphatic carbocycles. The summed E-state index contributed by atoms with van der Waals surface area (Å²) in [6.45, 7) is 1.42. The third-order valence-corrected chi connectivity index (χ3v) is 3.73. The van der Waals surface area contributed by atoms with Crippen LogP contribution in [0.4, 0.5) is 5.82 Å². The molecule has 0 saturated carbocycles. The van der Waals surface area contributed by atoms with Crippen molar-refractivity contribution in [3.05, 3.63) is 48.3 Å². The Kier molecular flexibility index (Phi) is 4.43. The van der Waals surface area contributed by atoms with E-state index in [2.05, 4.69) is 15.4 Å². The number of likely N-dealkylation sites (N-methyl/N-ethyl adjacent to an activating group) is 1. The zero-order valence-electron chi connectivity index (χ0n) is 13.7. The molecule has 0 saturated heterocycles. The Balaban J connectivity index is 1.79. The highest BCUT2D eigenvalue weighted by Gasteiger charge is 2.11. The number of amides is 1.